The van der Waals surface area contributed by atoms with Crippen LogP contribution >= 0.6 is 23.4 Å². The number of nitrogens with one attached hydrogen (secondary N) is 3. The molecule has 1 aromatic heterocycles. The minimum Gasteiger partial charge on any atom is -0.457 e. The minimum atomic E-state index is -0.526. The fourth-order valence-corrected chi connectivity index (χ4v) is 5.35. The van der Waals surface area contributed by atoms with Crippen LogP contribution in [-0.2, 0) is 9.59 Å². The minimum absolute atomic E-state index is 0.0119. The number of hydrogen-bond donors (Lipinski definition) is 3. The predicted octanol–water partition coefficient (Wildman–Crippen LogP) is 8.44. The summed E-state index contributed by atoms with van der Waals surface area (Å²) in [5.41, 5.74) is 3.42. The van der Waals surface area contributed by atoms with E-state index in [4.69, 9.17) is 16.0 Å². The van der Waals surface area contributed by atoms with Gasteiger partial charge in [0, 0.05) is 38.5 Å². The number of aryl methyl sites for hydroxylation is 1. The van der Waals surface area contributed by atoms with E-state index in [0.29, 0.717) is 33.5 Å². The Morgan fingerprint density at radius 2 is 1.51 bits per heavy atom. The van der Waals surface area contributed by atoms with Crippen LogP contribution in [-0.4, -0.2) is 23.0 Å². The van der Waals surface area contributed by atoms with Crippen molar-refractivity contribution in [1.29, 1.82) is 0 Å². The van der Waals surface area contributed by atoms with Crippen LogP contribution in [0.1, 0.15) is 28.6 Å². The van der Waals surface area contributed by atoms with E-state index in [9.17, 15) is 14.4 Å². The van der Waals surface area contributed by atoms with Gasteiger partial charge in [0.1, 0.15) is 17.2 Å². The molecule has 0 saturated carbocycles. The highest BCUT2D eigenvalue weighted by molar-refractivity contribution is 8.00. The Balaban J connectivity index is 1.28. The Labute approximate surface area is 270 Å². The van der Waals surface area contributed by atoms with Crippen LogP contribution in [0.2, 0.25) is 5.02 Å². The van der Waals surface area contributed by atoms with Crippen molar-refractivity contribution in [1.82, 2.24) is 5.32 Å². The Bertz CT molecular complexity index is 1840. The molecule has 0 unspecified atom stereocenters. The molecule has 0 aliphatic rings. The number of rotatable bonds is 10. The molecule has 1 atom stereocenters. The van der Waals surface area contributed by atoms with Crippen molar-refractivity contribution in [2.75, 3.05) is 10.6 Å². The van der Waals surface area contributed by atoms with Crippen LogP contribution < -0.4 is 16.0 Å². The van der Waals surface area contributed by atoms with Crippen LogP contribution in [0, 0.1) is 6.92 Å². The van der Waals surface area contributed by atoms with E-state index in [1.165, 1.54) is 17.8 Å². The largest absolute Gasteiger partial charge is 0.457 e. The quantitative estimate of drug-likeness (QED) is 0.106. The van der Waals surface area contributed by atoms with Gasteiger partial charge in [-0.3, -0.25) is 14.4 Å². The summed E-state index contributed by atoms with van der Waals surface area (Å²) in [6, 6.07) is 34.2. The first-order chi connectivity index (χ1) is 21.7. The summed E-state index contributed by atoms with van der Waals surface area (Å²) >= 11 is 7.47. The van der Waals surface area contributed by atoms with Crippen molar-refractivity contribution < 1.29 is 18.8 Å². The maximum Gasteiger partial charge on any atom is 0.272 e. The predicted molar refractivity (Wildman–Crippen MR) is 181 cm³/mol. The summed E-state index contributed by atoms with van der Waals surface area (Å²) in [6.45, 7) is 3.72. The van der Waals surface area contributed by atoms with Crippen molar-refractivity contribution >= 4 is 58.5 Å². The number of carbonyl (C=O) groups is 3. The van der Waals surface area contributed by atoms with Gasteiger partial charge >= 0.3 is 0 Å². The number of halogens is 1. The number of thioether (sulfide) groups is 1. The molecule has 0 aliphatic carbocycles. The third-order valence-electron chi connectivity index (χ3n) is 6.75. The molecule has 0 aliphatic heterocycles. The second-order valence-electron chi connectivity index (χ2n) is 10.1. The van der Waals surface area contributed by atoms with Crippen molar-refractivity contribution in [3.05, 3.63) is 143 Å². The van der Waals surface area contributed by atoms with Gasteiger partial charge in [-0.1, -0.05) is 66.2 Å². The first-order valence-electron chi connectivity index (χ1n) is 14.1. The Hall–Kier alpha value is -5.05. The van der Waals surface area contributed by atoms with Gasteiger partial charge in [-0.05, 0) is 80.1 Å². The van der Waals surface area contributed by atoms with Crippen LogP contribution in [0.15, 0.2) is 130 Å². The highest BCUT2D eigenvalue weighted by Gasteiger charge is 2.18. The molecule has 3 amide bonds. The van der Waals surface area contributed by atoms with Gasteiger partial charge in [0.15, 0.2) is 0 Å². The molecule has 9 heteroatoms. The Morgan fingerprint density at radius 3 is 2.22 bits per heavy atom. The second-order valence-corrected chi connectivity index (χ2v) is 12.0. The summed E-state index contributed by atoms with van der Waals surface area (Å²) in [7, 11) is 0. The topological polar surface area (TPSA) is 100 Å². The maximum absolute atomic E-state index is 13.4. The van der Waals surface area contributed by atoms with Gasteiger partial charge in [0.05, 0.1) is 5.25 Å². The van der Waals surface area contributed by atoms with Crippen molar-refractivity contribution in [3.63, 3.8) is 0 Å². The van der Waals surface area contributed by atoms with Gasteiger partial charge in [-0.25, -0.2) is 0 Å². The third kappa shape index (κ3) is 8.53. The van der Waals surface area contributed by atoms with Gasteiger partial charge in [0.25, 0.3) is 11.8 Å². The van der Waals surface area contributed by atoms with E-state index < -0.39 is 11.8 Å². The number of carbonyl (C=O) groups excluding carboxylic acids is 3. The molecule has 0 saturated heterocycles. The van der Waals surface area contributed by atoms with Crippen molar-refractivity contribution in [2.45, 2.75) is 24.0 Å². The SMILES string of the molecule is Cc1ccc(Cl)cc1NC(=O)[C@H](C)Sc1ccc(NC(=O)/C(=C\c2ccc(-c3ccccc3)o2)NC(=O)c2ccccc2)cc1. The lowest BCUT2D eigenvalue weighted by atomic mass is 10.2. The van der Waals surface area contributed by atoms with Crippen molar-refractivity contribution in [3.8, 4) is 11.3 Å². The van der Waals surface area contributed by atoms with E-state index in [1.807, 2.05) is 74.5 Å². The molecule has 226 valence electrons. The first kappa shape index (κ1) is 31.4. The molecule has 4 aromatic carbocycles. The van der Waals surface area contributed by atoms with E-state index in [2.05, 4.69) is 16.0 Å². The lowest BCUT2D eigenvalue weighted by Crippen LogP contribution is -2.30. The molecule has 45 heavy (non-hydrogen) atoms. The summed E-state index contributed by atoms with van der Waals surface area (Å²) in [4.78, 5) is 40.1. The molecule has 3 N–H and O–H groups in total. The molecule has 0 bridgehead atoms. The van der Waals surface area contributed by atoms with Gasteiger partial charge < -0.3 is 20.4 Å². The smallest absolute Gasteiger partial charge is 0.272 e. The summed E-state index contributed by atoms with van der Waals surface area (Å²) in [5, 5.41) is 8.65. The highest BCUT2D eigenvalue weighted by Crippen LogP contribution is 2.28. The molecule has 7 nitrogen and oxygen atoms in total. The van der Waals surface area contributed by atoms with Crippen LogP contribution in [0.4, 0.5) is 11.4 Å². The number of hydrogen-bond acceptors (Lipinski definition) is 5. The fraction of sp³-hybridized carbons (Fsp3) is 0.0833. The zero-order chi connectivity index (χ0) is 31.8. The molecular weight excluding hydrogens is 606 g/mol. The van der Waals surface area contributed by atoms with Gasteiger partial charge in [-0.15, -0.1) is 11.8 Å². The zero-order valence-electron chi connectivity index (χ0n) is 24.5. The number of anilines is 2. The monoisotopic (exact) mass is 635 g/mol. The first-order valence-corrected chi connectivity index (χ1v) is 15.4. The van der Waals surface area contributed by atoms with E-state index in [0.717, 1.165) is 16.0 Å². The van der Waals surface area contributed by atoms with Crippen LogP contribution in [0.3, 0.4) is 0 Å². The number of amides is 3. The normalized spacial score (nSPS) is 11.8. The standard InChI is InChI=1S/C36H30ClN3O4S/c1-23-13-14-27(37)21-31(23)39-34(41)24(2)45-30-18-15-28(16-19-30)38-36(43)32(40-35(42)26-11-7-4-8-12-26)22-29-17-20-33(44-29)25-9-5-3-6-10-25/h3-22,24H,1-2H3,(H,38,43)(H,39,41)(H,40,42)/b32-22+/t24-/m0/s1. The Morgan fingerprint density at radius 1 is 0.822 bits per heavy atom. The van der Waals surface area contributed by atoms with Gasteiger partial charge in [0.2, 0.25) is 5.91 Å². The molecule has 5 rings (SSSR count). The highest BCUT2D eigenvalue weighted by atomic mass is 35.5. The zero-order valence-corrected chi connectivity index (χ0v) is 26.1. The van der Waals surface area contributed by atoms with Crippen LogP contribution in [0.25, 0.3) is 17.4 Å². The van der Waals surface area contributed by atoms with E-state index in [1.54, 1.807) is 54.6 Å². The fourth-order valence-electron chi connectivity index (χ4n) is 4.31. The molecule has 0 radical (unpaired) electrons. The molecule has 1 heterocycles. The lowest BCUT2D eigenvalue weighted by Gasteiger charge is -2.14. The van der Waals surface area contributed by atoms with Gasteiger partial charge in [-0.2, -0.15) is 0 Å². The van der Waals surface area contributed by atoms with Crippen LogP contribution in [0.5, 0.6) is 0 Å². The van der Waals surface area contributed by atoms with E-state index >= 15 is 0 Å². The average molecular weight is 636 g/mol. The number of benzene rings is 4. The second kappa shape index (κ2) is 14.6. The molecule has 0 fully saturated rings. The summed E-state index contributed by atoms with van der Waals surface area (Å²) in [6.07, 6.45) is 1.49. The summed E-state index contributed by atoms with van der Waals surface area (Å²) < 4.78 is 5.96. The molecular formula is C36H30ClN3O4S. The lowest BCUT2D eigenvalue weighted by molar-refractivity contribution is -0.115. The number of furan rings is 1. The van der Waals surface area contributed by atoms with E-state index in [-0.39, 0.29) is 16.9 Å². The average Bonchev–Trinajstić information content (AvgIpc) is 3.52. The molecule has 5 aromatic rings. The molecule has 0 spiro atoms. The summed E-state index contributed by atoms with van der Waals surface area (Å²) in [5.74, 6) is -0.0742. The Kier molecular flexibility index (Phi) is 10.2. The van der Waals surface area contributed by atoms with Crippen molar-refractivity contribution in [2.24, 2.45) is 0 Å². The maximum atomic E-state index is 13.4. The third-order valence-corrected chi connectivity index (χ3v) is 8.10.